The first-order valence-electron chi connectivity index (χ1n) is 7.78. The fourth-order valence-corrected chi connectivity index (χ4v) is 3.12. The van der Waals surface area contributed by atoms with Gasteiger partial charge in [-0.1, -0.05) is 6.07 Å². The lowest BCUT2D eigenvalue weighted by molar-refractivity contribution is 0.148. The van der Waals surface area contributed by atoms with E-state index in [1.807, 2.05) is 12.3 Å². The van der Waals surface area contributed by atoms with E-state index in [-0.39, 0.29) is 0 Å². The smallest absolute Gasteiger partial charge is 0.128 e. The molecule has 4 nitrogen and oxygen atoms in total. The Kier molecular flexibility index (Phi) is 4.53. The Morgan fingerprint density at radius 2 is 2.10 bits per heavy atom. The predicted octanol–water partition coefficient (Wildman–Crippen LogP) is 2.06. The highest BCUT2D eigenvalue weighted by Gasteiger charge is 2.33. The van der Waals surface area contributed by atoms with Gasteiger partial charge in [0.05, 0.1) is 6.61 Å². The van der Waals surface area contributed by atoms with Crippen LogP contribution in [0.2, 0.25) is 0 Å². The third-order valence-corrected chi connectivity index (χ3v) is 4.46. The molecule has 20 heavy (non-hydrogen) atoms. The topological polar surface area (TPSA) is 37.4 Å². The number of hydrogen-bond acceptors (Lipinski definition) is 4. The molecule has 1 saturated heterocycles. The molecule has 0 amide bonds. The number of methoxy groups -OCH3 is 1. The van der Waals surface area contributed by atoms with Crippen molar-refractivity contribution in [2.24, 2.45) is 5.92 Å². The Morgan fingerprint density at radius 3 is 2.70 bits per heavy atom. The summed E-state index contributed by atoms with van der Waals surface area (Å²) in [7, 11) is 1.81. The van der Waals surface area contributed by atoms with Gasteiger partial charge in [-0.3, -0.25) is 0 Å². The van der Waals surface area contributed by atoms with E-state index >= 15 is 0 Å². The molecule has 1 N–H and O–H groups in total. The van der Waals surface area contributed by atoms with Crippen molar-refractivity contribution in [1.82, 2.24) is 10.3 Å². The van der Waals surface area contributed by atoms with Crippen molar-refractivity contribution in [3.63, 3.8) is 0 Å². The highest BCUT2D eigenvalue weighted by molar-refractivity contribution is 5.38. The van der Waals surface area contributed by atoms with Crippen LogP contribution in [0.1, 0.15) is 25.7 Å². The summed E-state index contributed by atoms with van der Waals surface area (Å²) in [5.74, 6) is 1.96. The molecule has 1 unspecified atom stereocenters. The van der Waals surface area contributed by atoms with Gasteiger partial charge in [0, 0.05) is 38.5 Å². The average Bonchev–Trinajstić information content (AvgIpc) is 3.33. The number of piperidine rings is 1. The zero-order chi connectivity index (χ0) is 13.8. The van der Waals surface area contributed by atoms with Crippen LogP contribution in [-0.2, 0) is 4.74 Å². The molecule has 2 fully saturated rings. The monoisotopic (exact) mass is 275 g/mol. The van der Waals surface area contributed by atoms with Crippen LogP contribution in [-0.4, -0.2) is 43.9 Å². The number of nitrogens with zero attached hydrogens (tertiary/aromatic N) is 2. The van der Waals surface area contributed by atoms with Gasteiger partial charge in [0.1, 0.15) is 5.82 Å². The fraction of sp³-hybridized carbons (Fsp3) is 0.688. The fourth-order valence-electron chi connectivity index (χ4n) is 3.12. The van der Waals surface area contributed by atoms with Crippen molar-refractivity contribution in [3.8, 4) is 0 Å². The molecule has 0 radical (unpaired) electrons. The van der Waals surface area contributed by atoms with Gasteiger partial charge in [-0.25, -0.2) is 4.98 Å². The van der Waals surface area contributed by atoms with E-state index in [0.29, 0.717) is 12.1 Å². The molecule has 1 aromatic heterocycles. The van der Waals surface area contributed by atoms with E-state index in [1.165, 1.54) is 25.7 Å². The Labute approximate surface area is 121 Å². The minimum Gasteiger partial charge on any atom is -0.383 e. The second kappa shape index (κ2) is 6.55. The minimum absolute atomic E-state index is 0.561. The molecule has 0 spiro atoms. The number of nitrogens with one attached hydrogen (secondary N) is 1. The van der Waals surface area contributed by atoms with Crippen molar-refractivity contribution in [2.75, 3.05) is 31.7 Å². The summed E-state index contributed by atoms with van der Waals surface area (Å²) in [6, 6.07) is 7.34. The van der Waals surface area contributed by atoms with E-state index in [9.17, 15) is 0 Å². The van der Waals surface area contributed by atoms with Crippen LogP contribution in [0.5, 0.6) is 0 Å². The maximum atomic E-state index is 5.35. The number of rotatable bonds is 6. The van der Waals surface area contributed by atoms with Crippen LogP contribution in [0.25, 0.3) is 0 Å². The molecule has 3 rings (SSSR count). The van der Waals surface area contributed by atoms with E-state index in [2.05, 4.69) is 27.3 Å². The van der Waals surface area contributed by atoms with E-state index in [1.54, 1.807) is 7.11 Å². The molecular weight excluding hydrogens is 250 g/mol. The summed E-state index contributed by atoms with van der Waals surface area (Å²) >= 11 is 0. The van der Waals surface area contributed by atoms with Gasteiger partial charge >= 0.3 is 0 Å². The zero-order valence-electron chi connectivity index (χ0n) is 12.3. The molecule has 1 aliphatic carbocycles. The van der Waals surface area contributed by atoms with Crippen LogP contribution < -0.4 is 10.2 Å². The summed E-state index contributed by atoms with van der Waals surface area (Å²) in [6.45, 7) is 3.04. The summed E-state index contributed by atoms with van der Waals surface area (Å²) in [5.41, 5.74) is 0. The van der Waals surface area contributed by atoms with Crippen LogP contribution in [0, 0.1) is 5.92 Å². The lowest BCUT2D eigenvalue weighted by atomic mass is 10.0. The first kappa shape index (κ1) is 13.8. The number of aromatic nitrogens is 1. The number of ether oxygens (including phenoxy) is 1. The second-order valence-electron chi connectivity index (χ2n) is 6.02. The van der Waals surface area contributed by atoms with Crippen LogP contribution >= 0.6 is 0 Å². The quantitative estimate of drug-likeness (QED) is 0.862. The Balaban J connectivity index is 1.48. The van der Waals surface area contributed by atoms with Gasteiger partial charge in [0.2, 0.25) is 0 Å². The van der Waals surface area contributed by atoms with E-state index in [0.717, 1.165) is 31.4 Å². The molecular formula is C16H25N3O. The molecule has 0 bridgehead atoms. The van der Waals surface area contributed by atoms with Crippen molar-refractivity contribution in [2.45, 2.75) is 37.8 Å². The van der Waals surface area contributed by atoms with Gasteiger partial charge in [0.15, 0.2) is 0 Å². The predicted molar refractivity (Wildman–Crippen MR) is 81.0 cm³/mol. The summed E-state index contributed by atoms with van der Waals surface area (Å²) in [6.07, 6.45) is 7.01. The maximum Gasteiger partial charge on any atom is 0.128 e. The highest BCUT2D eigenvalue weighted by atomic mass is 16.5. The second-order valence-corrected chi connectivity index (χ2v) is 6.02. The molecule has 1 aromatic rings. The van der Waals surface area contributed by atoms with Crippen LogP contribution in [0.15, 0.2) is 24.4 Å². The molecule has 110 valence electrons. The molecule has 2 aliphatic rings. The molecule has 1 atom stereocenters. The lowest BCUT2D eigenvalue weighted by Gasteiger charge is -2.35. The molecule has 4 heteroatoms. The average molecular weight is 275 g/mol. The Hall–Kier alpha value is -1.13. The SMILES string of the molecule is COCC(NC1CCN(c2ccccn2)CC1)C1CC1. The first-order chi connectivity index (χ1) is 9.86. The van der Waals surface area contributed by atoms with Crippen LogP contribution in [0.4, 0.5) is 5.82 Å². The minimum atomic E-state index is 0.561. The largest absolute Gasteiger partial charge is 0.383 e. The van der Waals surface area contributed by atoms with E-state index < -0.39 is 0 Å². The van der Waals surface area contributed by atoms with Gasteiger partial charge in [0.25, 0.3) is 0 Å². The summed E-state index contributed by atoms with van der Waals surface area (Å²) in [4.78, 5) is 6.83. The first-order valence-corrected chi connectivity index (χ1v) is 7.78. The number of hydrogen-bond donors (Lipinski definition) is 1. The Morgan fingerprint density at radius 1 is 1.30 bits per heavy atom. The van der Waals surface area contributed by atoms with E-state index in [4.69, 9.17) is 4.74 Å². The normalized spacial score (nSPS) is 21.9. The zero-order valence-corrected chi connectivity index (χ0v) is 12.3. The maximum absolute atomic E-state index is 5.35. The van der Waals surface area contributed by atoms with Crippen molar-refractivity contribution in [1.29, 1.82) is 0 Å². The van der Waals surface area contributed by atoms with Gasteiger partial charge in [-0.15, -0.1) is 0 Å². The molecule has 1 saturated carbocycles. The summed E-state index contributed by atoms with van der Waals surface area (Å²) < 4.78 is 5.35. The number of pyridine rings is 1. The van der Waals surface area contributed by atoms with Gasteiger partial charge < -0.3 is 15.0 Å². The highest BCUT2D eigenvalue weighted by Crippen LogP contribution is 2.33. The number of anilines is 1. The molecule has 1 aliphatic heterocycles. The Bertz CT molecular complexity index is 399. The lowest BCUT2D eigenvalue weighted by Crippen LogP contribution is -2.48. The van der Waals surface area contributed by atoms with Crippen molar-refractivity contribution < 1.29 is 4.74 Å². The third-order valence-electron chi connectivity index (χ3n) is 4.46. The van der Waals surface area contributed by atoms with Crippen molar-refractivity contribution >= 4 is 5.82 Å². The third kappa shape index (κ3) is 3.49. The summed E-state index contributed by atoms with van der Waals surface area (Å²) in [5, 5.41) is 3.82. The van der Waals surface area contributed by atoms with Gasteiger partial charge in [-0.05, 0) is 43.7 Å². The molecule has 2 heterocycles. The van der Waals surface area contributed by atoms with Gasteiger partial charge in [-0.2, -0.15) is 0 Å². The van der Waals surface area contributed by atoms with Crippen molar-refractivity contribution in [3.05, 3.63) is 24.4 Å². The van der Waals surface area contributed by atoms with Crippen LogP contribution in [0.3, 0.4) is 0 Å². The molecule has 0 aromatic carbocycles. The standard InChI is InChI=1S/C16H25N3O/c1-20-12-15(13-5-6-13)18-14-7-10-19(11-8-14)16-4-2-3-9-17-16/h2-4,9,13-15,18H,5-8,10-12H2,1H3.